The first kappa shape index (κ1) is 16.5. The monoisotopic (exact) mass is 366 g/mol. The maximum absolute atomic E-state index is 11.9. The maximum atomic E-state index is 11.9. The number of hydrogen-bond donors (Lipinski definition) is 2. The van der Waals surface area contributed by atoms with Crippen LogP contribution >= 0.6 is 11.3 Å². The van der Waals surface area contributed by atoms with Crippen molar-refractivity contribution in [3.8, 4) is 0 Å². The van der Waals surface area contributed by atoms with Crippen molar-refractivity contribution in [2.24, 2.45) is 0 Å². The Bertz CT molecular complexity index is 1100. The standard InChI is InChI=1S/C19H18N4O2S/c1-11-15-17(22-10-23-18(15)26-16(11)19(24)25-2)20-8-7-12-9-21-14-6-4-3-5-13(12)14/h3-6,9-10,21H,7-8H2,1-2H3,(H,20,22,23). The SMILES string of the molecule is COC(=O)c1sc2ncnc(NCCc3c[nH]c4ccccc34)c2c1C. The average Bonchev–Trinajstić information content (AvgIpc) is 3.23. The van der Waals surface area contributed by atoms with E-state index >= 15 is 0 Å². The highest BCUT2D eigenvalue weighted by Crippen LogP contribution is 2.33. The zero-order chi connectivity index (χ0) is 18.1. The molecule has 0 bridgehead atoms. The third kappa shape index (κ3) is 2.80. The number of ether oxygens (including phenoxy) is 1. The lowest BCUT2D eigenvalue weighted by Gasteiger charge is -2.07. The summed E-state index contributed by atoms with van der Waals surface area (Å²) in [6.07, 6.45) is 4.43. The Morgan fingerprint density at radius 2 is 2.15 bits per heavy atom. The Balaban J connectivity index is 1.57. The fraction of sp³-hybridized carbons (Fsp3) is 0.211. The van der Waals surface area contributed by atoms with Crippen LogP contribution in [0.25, 0.3) is 21.1 Å². The molecule has 0 aliphatic heterocycles. The summed E-state index contributed by atoms with van der Waals surface area (Å²) in [4.78, 5) is 25.2. The smallest absolute Gasteiger partial charge is 0.348 e. The first-order chi connectivity index (χ1) is 12.7. The third-order valence-electron chi connectivity index (χ3n) is 4.46. The van der Waals surface area contributed by atoms with Crippen LogP contribution in [0.4, 0.5) is 5.82 Å². The molecule has 0 unspecified atom stereocenters. The molecule has 0 aliphatic carbocycles. The summed E-state index contributed by atoms with van der Waals surface area (Å²) >= 11 is 1.33. The fourth-order valence-electron chi connectivity index (χ4n) is 3.15. The lowest BCUT2D eigenvalue weighted by Crippen LogP contribution is -2.07. The molecule has 0 amide bonds. The van der Waals surface area contributed by atoms with Gasteiger partial charge in [-0.05, 0) is 30.5 Å². The number of rotatable bonds is 5. The van der Waals surface area contributed by atoms with Crippen molar-refractivity contribution in [3.05, 3.63) is 52.8 Å². The van der Waals surface area contributed by atoms with Crippen molar-refractivity contribution in [1.29, 1.82) is 0 Å². The Morgan fingerprint density at radius 1 is 1.31 bits per heavy atom. The van der Waals surface area contributed by atoms with Crippen molar-refractivity contribution in [3.63, 3.8) is 0 Å². The van der Waals surface area contributed by atoms with Gasteiger partial charge in [-0.15, -0.1) is 11.3 Å². The molecule has 0 saturated carbocycles. The number of aryl methyl sites for hydroxylation is 1. The molecule has 1 aromatic carbocycles. The van der Waals surface area contributed by atoms with Crippen LogP contribution in [0.5, 0.6) is 0 Å². The number of aromatic amines is 1. The predicted molar refractivity (Wildman–Crippen MR) is 104 cm³/mol. The van der Waals surface area contributed by atoms with Crippen molar-refractivity contribution in [2.75, 3.05) is 19.0 Å². The highest BCUT2D eigenvalue weighted by molar-refractivity contribution is 7.20. The average molecular weight is 366 g/mol. The number of benzene rings is 1. The molecule has 0 atom stereocenters. The van der Waals surface area contributed by atoms with Gasteiger partial charge in [0.15, 0.2) is 0 Å². The molecule has 2 N–H and O–H groups in total. The van der Waals surface area contributed by atoms with E-state index < -0.39 is 0 Å². The minimum Gasteiger partial charge on any atom is -0.465 e. The number of anilines is 1. The van der Waals surface area contributed by atoms with E-state index in [1.807, 2.05) is 25.3 Å². The van der Waals surface area contributed by atoms with Gasteiger partial charge in [0.05, 0.1) is 12.5 Å². The molecule has 0 saturated heterocycles. The van der Waals surface area contributed by atoms with Gasteiger partial charge in [0, 0.05) is 23.6 Å². The normalized spacial score (nSPS) is 11.2. The quantitative estimate of drug-likeness (QED) is 0.523. The largest absolute Gasteiger partial charge is 0.465 e. The molecule has 0 aliphatic rings. The molecule has 0 spiro atoms. The second-order valence-electron chi connectivity index (χ2n) is 5.99. The summed E-state index contributed by atoms with van der Waals surface area (Å²) in [5, 5.41) is 5.52. The fourth-order valence-corrected chi connectivity index (χ4v) is 4.21. The number of thiophene rings is 1. The second-order valence-corrected chi connectivity index (χ2v) is 6.99. The first-order valence-corrected chi connectivity index (χ1v) is 9.12. The van der Waals surface area contributed by atoms with Crippen LogP contribution in [0.3, 0.4) is 0 Å². The first-order valence-electron chi connectivity index (χ1n) is 8.30. The highest BCUT2D eigenvalue weighted by atomic mass is 32.1. The molecule has 4 aromatic rings. The van der Waals surface area contributed by atoms with Crippen LogP contribution in [0, 0.1) is 6.92 Å². The topological polar surface area (TPSA) is 79.9 Å². The summed E-state index contributed by atoms with van der Waals surface area (Å²) in [5.41, 5.74) is 3.26. The van der Waals surface area contributed by atoms with Crippen LogP contribution in [0.2, 0.25) is 0 Å². The zero-order valence-corrected chi connectivity index (χ0v) is 15.3. The molecule has 26 heavy (non-hydrogen) atoms. The number of aromatic nitrogens is 3. The Kier molecular flexibility index (Phi) is 4.30. The Labute approximate surface area is 154 Å². The summed E-state index contributed by atoms with van der Waals surface area (Å²) < 4.78 is 4.86. The van der Waals surface area contributed by atoms with Crippen LogP contribution in [0.15, 0.2) is 36.8 Å². The molecule has 7 heteroatoms. The lowest BCUT2D eigenvalue weighted by molar-refractivity contribution is 0.0605. The molecule has 3 heterocycles. The van der Waals surface area contributed by atoms with Gasteiger partial charge in [-0.2, -0.15) is 0 Å². The number of carbonyl (C=O) groups is 1. The second kappa shape index (κ2) is 6.76. The van der Waals surface area contributed by atoms with Gasteiger partial charge in [-0.1, -0.05) is 18.2 Å². The third-order valence-corrected chi connectivity index (χ3v) is 5.64. The lowest BCUT2D eigenvalue weighted by atomic mass is 10.1. The highest BCUT2D eigenvalue weighted by Gasteiger charge is 2.19. The minimum absolute atomic E-state index is 0.338. The van der Waals surface area contributed by atoms with Gasteiger partial charge < -0.3 is 15.0 Å². The number of nitrogens with one attached hydrogen (secondary N) is 2. The van der Waals surface area contributed by atoms with Gasteiger partial charge in [0.25, 0.3) is 0 Å². The number of hydrogen-bond acceptors (Lipinski definition) is 6. The van der Waals surface area contributed by atoms with Crippen molar-refractivity contribution >= 4 is 44.2 Å². The van der Waals surface area contributed by atoms with Crippen molar-refractivity contribution in [1.82, 2.24) is 15.0 Å². The Morgan fingerprint density at radius 3 is 3.00 bits per heavy atom. The number of carbonyl (C=O) groups excluding carboxylic acids is 1. The summed E-state index contributed by atoms with van der Waals surface area (Å²) in [7, 11) is 1.39. The van der Waals surface area contributed by atoms with Gasteiger partial charge in [-0.3, -0.25) is 0 Å². The number of esters is 1. The number of nitrogens with zero attached hydrogens (tertiary/aromatic N) is 2. The van der Waals surface area contributed by atoms with E-state index in [-0.39, 0.29) is 5.97 Å². The number of para-hydroxylation sites is 1. The summed E-state index contributed by atoms with van der Waals surface area (Å²) in [6, 6.07) is 8.26. The minimum atomic E-state index is -0.338. The molecule has 4 rings (SSSR count). The molecular formula is C19H18N4O2S. The van der Waals surface area contributed by atoms with Crippen LogP contribution in [-0.2, 0) is 11.2 Å². The number of fused-ring (bicyclic) bond motifs is 2. The van der Waals surface area contributed by atoms with Gasteiger partial charge in [-0.25, -0.2) is 14.8 Å². The van der Waals surface area contributed by atoms with Crippen molar-refractivity contribution in [2.45, 2.75) is 13.3 Å². The van der Waals surface area contributed by atoms with Crippen LogP contribution in [-0.4, -0.2) is 34.6 Å². The molecule has 6 nitrogen and oxygen atoms in total. The van der Waals surface area contributed by atoms with Crippen LogP contribution in [0.1, 0.15) is 20.8 Å². The van der Waals surface area contributed by atoms with E-state index in [1.165, 1.54) is 35.7 Å². The van der Waals surface area contributed by atoms with Gasteiger partial charge in [0.2, 0.25) is 0 Å². The molecule has 3 aromatic heterocycles. The van der Waals surface area contributed by atoms with E-state index in [0.717, 1.165) is 40.1 Å². The maximum Gasteiger partial charge on any atom is 0.348 e. The zero-order valence-electron chi connectivity index (χ0n) is 14.5. The number of methoxy groups -OCH3 is 1. The molecular weight excluding hydrogens is 348 g/mol. The van der Waals surface area contributed by atoms with E-state index in [0.29, 0.717) is 4.88 Å². The number of H-pyrrole nitrogens is 1. The van der Waals surface area contributed by atoms with E-state index in [1.54, 1.807) is 0 Å². The summed E-state index contributed by atoms with van der Waals surface area (Å²) in [5.74, 6) is 0.411. The van der Waals surface area contributed by atoms with Gasteiger partial charge >= 0.3 is 5.97 Å². The Hall–Kier alpha value is -2.93. The van der Waals surface area contributed by atoms with Gasteiger partial charge in [0.1, 0.15) is 21.9 Å². The molecule has 0 radical (unpaired) electrons. The predicted octanol–water partition coefficient (Wildman–Crippen LogP) is 3.92. The summed E-state index contributed by atoms with van der Waals surface area (Å²) in [6.45, 7) is 2.64. The van der Waals surface area contributed by atoms with E-state index in [2.05, 4.69) is 32.4 Å². The van der Waals surface area contributed by atoms with E-state index in [4.69, 9.17) is 4.74 Å². The van der Waals surface area contributed by atoms with E-state index in [9.17, 15) is 4.79 Å². The van der Waals surface area contributed by atoms with Crippen LogP contribution < -0.4 is 5.32 Å². The molecule has 0 fully saturated rings. The van der Waals surface area contributed by atoms with Crippen molar-refractivity contribution < 1.29 is 9.53 Å². The molecule has 132 valence electrons.